The van der Waals surface area contributed by atoms with Crippen LogP contribution in [-0.4, -0.2) is 10.1 Å². The topological polar surface area (TPSA) is 38.9 Å². The maximum Gasteiger partial charge on any atom is 0.231 e. The van der Waals surface area contributed by atoms with Crippen molar-refractivity contribution >= 4 is 22.9 Å². The summed E-state index contributed by atoms with van der Waals surface area (Å²) < 4.78 is 4.99. The van der Waals surface area contributed by atoms with Crippen LogP contribution < -0.4 is 0 Å². The molecule has 0 N–H and O–H groups in total. The zero-order chi connectivity index (χ0) is 9.10. The highest BCUT2D eigenvalue weighted by atomic mass is 35.5. The Morgan fingerprint density at radius 3 is 3.08 bits per heavy atom. The van der Waals surface area contributed by atoms with Crippen molar-refractivity contribution < 1.29 is 4.52 Å². The van der Waals surface area contributed by atoms with Crippen molar-refractivity contribution in [3.8, 4) is 0 Å². The van der Waals surface area contributed by atoms with Gasteiger partial charge in [-0.25, -0.2) is 0 Å². The van der Waals surface area contributed by atoms with Crippen LogP contribution in [-0.2, 0) is 12.3 Å². The minimum absolute atomic E-state index is 0.299. The van der Waals surface area contributed by atoms with Gasteiger partial charge in [0.05, 0.1) is 12.3 Å². The summed E-state index contributed by atoms with van der Waals surface area (Å²) in [6.45, 7) is 0. The van der Waals surface area contributed by atoms with E-state index in [2.05, 4.69) is 15.5 Å². The first-order valence-electron chi connectivity index (χ1n) is 3.77. The largest absolute Gasteiger partial charge is 0.339 e. The van der Waals surface area contributed by atoms with Gasteiger partial charge in [-0.3, -0.25) is 0 Å². The lowest BCUT2D eigenvalue weighted by atomic mass is 10.2. The highest BCUT2D eigenvalue weighted by Gasteiger charge is 2.05. The highest BCUT2D eigenvalue weighted by molar-refractivity contribution is 7.07. The molecule has 2 aromatic heterocycles. The summed E-state index contributed by atoms with van der Waals surface area (Å²) in [6.07, 6.45) is 0.688. The summed E-state index contributed by atoms with van der Waals surface area (Å²) in [5.41, 5.74) is 1.19. The number of thiophene rings is 1. The van der Waals surface area contributed by atoms with E-state index < -0.39 is 0 Å². The lowest BCUT2D eigenvalue weighted by Gasteiger charge is -1.87. The molecule has 0 amide bonds. The first-order valence-corrected chi connectivity index (χ1v) is 5.24. The number of hydrogen-bond acceptors (Lipinski definition) is 4. The van der Waals surface area contributed by atoms with Gasteiger partial charge in [0, 0.05) is 0 Å². The molecule has 0 aliphatic heterocycles. The van der Waals surface area contributed by atoms with Gasteiger partial charge in [-0.15, -0.1) is 11.6 Å². The Morgan fingerprint density at radius 1 is 1.54 bits per heavy atom. The molecule has 5 heteroatoms. The molecule has 2 aromatic rings. The highest BCUT2D eigenvalue weighted by Crippen LogP contribution is 2.11. The van der Waals surface area contributed by atoms with Crippen LogP contribution in [0.25, 0.3) is 0 Å². The number of rotatable bonds is 3. The molecule has 0 aromatic carbocycles. The van der Waals surface area contributed by atoms with E-state index in [0.29, 0.717) is 24.0 Å². The zero-order valence-corrected chi connectivity index (χ0v) is 8.31. The minimum atomic E-state index is 0.299. The molecule has 0 saturated carbocycles. The van der Waals surface area contributed by atoms with Crippen LogP contribution in [0.4, 0.5) is 0 Å². The average molecular weight is 215 g/mol. The Morgan fingerprint density at radius 2 is 2.46 bits per heavy atom. The smallest absolute Gasteiger partial charge is 0.231 e. The summed E-state index contributed by atoms with van der Waals surface area (Å²) in [5, 5.41) is 7.78. The van der Waals surface area contributed by atoms with Crippen molar-refractivity contribution in [1.29, 1.82) is 0 Å². The molecule has 0 aliphatic carbocycles. The van der Waals surface area contributed by atoms with E-state index in [1.54, 1.807) is 11.3 Å². The Hall–Kier alpha value is -0.870. The first kappa shape index (κ1) is 8.72. The lowest BCUT2D eigenvalue weighted by Crippen LogP contribution is -1.86. The molecule has 0 spiro atoms. The molecule has 2 rings (SSSR count). The van der Waals surface area contributed by atoms with Gasteiger partial charge in [0.1, 0.15) is 0 Å². The summed E-state index contributed by atoms with van der Waals surface area (Å²) in [5.74, 6) is 1.47. The fourth-order valence-electron chi connectivity index (χ4n) is 0.984. The maximum absolute atomic E-state index is 5.54. The van der Waals surface area contributed by atoms with Crippen molar-refractivity contribution in [3.05, 3.63) is 34.1 Å². The minimum Gasteiger partial charge on any atom is -0.339 e. The molecule has 0 bridgehead atoms. The summed E-state index contributed by atoms with van der Waals surface area (Å²) in [6, 6.07) is 2.04. The van der Waals surface area contributed by atoms with Crippen LogP contribution in [0, 0.1) is 0 Å². The molecule has 0 fully saturated rings. The van der Waals surface area contributed by atoms with Crippen LogP contribution in [0.2, 0.25) is 0 Å². The number of hydrogen-bond donors (Lipinski definition) is 0. The SMILES string of the molecule is ClCc1noc(Cc2ccsc2)n1. The second-order valence-corrected chi connectivity index (χ2v) is 3.59. The van der Waals surface area contributed by atoms with E-state index in [0.717, 1.165) is 0 Å². The zero-order valence-electron chi connectivity index (χ0n) is 6.74. The van der Waals surface area contributed by atoms with Crippen molar-refractivity contribution in [2.45, 2.75) is 12.3 Å². The summed E-state index contributed by atoms with van der Waals surface area (Å²) >= 11 is 7.19. The van der Waals surface area contributed by atoms with Crippen LogP contribution >= 0.6 is 22.9 Å². The second kappa shape index (κ2) is 3.89. The molecule has 2 heterocycles. The Balaban J connectivity index is 2.10. The van der Waals surface area contributed by atoms with E-state index in [9.17, 15) is 0 Å². The van der Waals surface area contributed by atoms with Gasteiger partial charge >= 0.3 is 0 Å². The molecular weight excluding hydrogens is 208 g/mol. The maximum atomic E-state index is 5.54. The van der Waals surface area contributed by atoms with Crippen LogP contribution in [0.3, 0.4) is 0 Å². The Bertz CT molecular complexity index is 371. The lowest BCUT2D eigenvalue weighted by molar-refractivity contribution is 0.381. The molecule has 0 radical (unpaired) electrons. The van der Waals surface area contributed by atoms with Crippen molar-refractivity contribution in [2.24, 2.45) is 0 Å². The van der Waals surface area contributed by atoms with Gasteiger partial charge in [-0.1, -0.05) is 5.16 Å². The van der Waals surface area contributed by atoms with E-state index in [-0.39, 0.29) is 0 Å². The predicted molar refractivity (Wildman–Crippen MR) is 51.0 cm³/mol. The van der Waals surface area contributed by atoms with Crippen molar-refractivity contribution in [2.75, 3.05) is 0 Å². The monoisotopic (exact) mass is 214 g/mol. The van der Waals surface area contributed by atoms with Gasteiger partial charge < -0.3 is 4.52 Å². The van der Waals surface area contributed by atoms with Crippen molar-refractivity contribution in [3.63, 3.8) is 0 Å². The molecule has 3 nitrogen and oxygen atoms in total. The van der Waals surface area contributed by atoms with E-state index in [1.165, 1.54) is 5.56 Å². The van der Waals surface area contributed by atoms with Crippen LogP contribution in [0.15, 0.2) is 21.3 Å². The van der Waals surface area contributed by atoms with Gasteiger partial charge in [-0.2, -0.15) is 16.3 Å². The van der Waals surface area contributed by atoms with Crippen LogP contribution in [0.1, 0.15) is 17.3 Å². The van der Waals surface area contributed by atoms with Gasteiger partial charge in [0.25, 0.3) is 0 Å². The van der Waals surface area contributed by atoms with Crippen molar-refractivity contribution in [1.82, 2.24) is 10.1 Å². The Kier molecular flexibility index (Phi) is 2.61. The molecule has 0 saturated heterocycles. The summed E-state index contributed by atoms with van der Waals surface area (Å²) in [4.78, 5) is 4.10. The van der Waals surface area contributed by atoms with E-state index >= 15 is 0 Å². The van der Waals surface area contributed by atoms with Gasteiger partial charge in [0.2, 0.25) is 5.89 Å². The molecule has 0 atom stereocenters. The van der Waals surface area contributed by atoms with Crippen LogP contribution in [0.5, 0.6) is 0 Å². The summed E-state index contributed by atoms with van der Waals surface area (Å²) in [7, 11) is 0. The number of halogens is 1. The fourth-order valence-corrected chi connectivity index (χ4v) is 1.76. The third-order valence-electron chi connectivity index (χ3n) is 1.57. The van der Waals surface area contributed by atoms with Gasteiger partial charge in [-0.05, 0) is 22.4 Å². The average Bonchev–Trinajstić information content (AvgIpc) is 2.76. The molecule has 68 valence electrons. The number of nitrogens with zero attached hydrogens (tertiary/aromatic N) is 2. The quantitative estimate of drug-likeness (QED) is 0.737. The standard InChI is InChI=1S/C8H7ClN2OS/c9-4-7-10-8(12-11-7)3-6-1-2-13-5-6/h1-2,5H,3-4H2. The molecule has 0 aliphatic rings. The third-order valence-corrected chi connectivity index (χ3v) is 2.54. The predicted octanol–water partition coefficient (Wildman–Crippen LogP) is 2.46. The van der Waals surface area contributed by atoms with E-state index in [4.69, 9.17) is 16.1 Å². The number of alkyl halides is 1. The normalized spacial score (nSPS) is 10.5. The number of aromatic nitrogens is 2. The van der Waals surface area contributed by atoms with Gasteiger partial charge in [0.15, 0.2) is 5.82 Å². The third kappa shape index (κ3) is 2.08. The Labute approximate surface area is 84.3 Å². The van der Waals surface area contributed by atoms with E-state index in [1.807, 2.05) is 11.4 Å². The molecule has 0 unspecified atom stereocenters. The molecule has 13 heavy (non-hydrogen) atoms. The first-order chi connectivity index (χ1) is 6.38. The molecular formula is C8H7ClN2OS. The fraction of sp³-hybridized carbons (Fsp3) is 0.250. The second-order valence-electron chi connectivity index (χ2n) is 2.55.